The summed E-state index contributed by atoms with van der Waals surface area (Å²) in [6, 6.07) is 10.1. The van der Waals surface area contributed by atoms with Gasteiger partial charge in [-0.05, 0) is 25.6 Å². The van der Waals surface area contributed by atoms with Crippen LogP contribution in [0.4, 0.5) is 0 Å². The van der Waals surface area contributed by atoms with Crippen molar-refractivity contribution in [2.45, 2.75) is 20.4 Å². The third-order valence-electron chi connectivity index (χ3n) is 3.39. The number of pyridine rings is 1. The maximum absolute atomic E-state index is 6.14. The van der Waals surface area contributed by atoms with E-state index in [0.29, 0.717) is 5.02 Å². The zero-order valence-corrected chi connectivity index (χ0v) is 12.9. The molecule has 108 valence electrons. The third-order valence-corrected chi connectivity index (χ3v) is 3.76. The molecule has 2 heterocycles. The fourth-order valence-corrected chi connectivity index (χ4v) is 2.44. The van der Waals surface area contributed by atoms with E-state index in [9.17, 15) is 0 Å². The molecule has 0 radical (unpaired) electrons. The van der Waals surface area contributed by atoms with Gasteiger partial charge >= 0.3 is 0 Å². The normalized spacial score (nSPS) is 11.2. The molecule has 1 aromatic carbocycles. The second-order valence-electron chi connectivity index (χ2n) is 4.94. The average molecular weight is 301 g/mol. The van der Waals surface area contributed by atoms with E-state index in [4.69, 9.17) is 16.6 Å². The molecule has 0 bridgehead atoms. The Morgan fingerprint density at radius 2 is 2.10 bits per heavy atom. The first-order chi connectivity index (χ1) is 10.2. The Kier molecular flexibility index (Phi) is 3.90. The average Bonchev–Trinajstić information content (AvgIpc) is 2.83. The number of nitrogens with zero attached hydrogens (tertiary/aromatic N) is 3. The van der Waals surface area contributed by atoms with Crippen molar-refractivity contribution in [2.75, 3.05) is 6.54 Å². The van der Waals surface area contributed by atoms with Gasteiger partial charge in [0, 0.05) is 18.1 Å². The van der Waals surface area contributed by atoms with E-state index >= 15 is 0 Å². The van der Waals surface area contributed by atoms with Crippen molar-refractivity contribution in [3.05, 3.63) is 52.9 Å². The number of rotatable bonds is 4. The van der Waals surface area contributed by atoms with Gasteiger partial charge in [-0.2, -0.15) is 5.10 Å². The molecule has 3 rings (SSSR count). The number of hydrogen-bond donors (Lipinski definition) is 1. The van der Waals surface area contributed by atoms with Crippen molar-refractivity contribution in [1.82, 2.24) is 20.1 Å². The zero-order valence-electron chi connectivity index (χ0n) is 12.1. The van der Waals surface area contributed by atoms with Gasteiger partial charge in [-0.3, -0.25) is 4.98 Å². The first-order valence-corrected chi connectivity index (χ1v) is 7.38. The molecular formula is C16H17ClN4. The summed E-state index contributed by atoms with van der Waals surface area (Å²) in [5.41, 5.74) is 3.79. The number of halogens is 1. The number of nitrogens with one attached hydrogen (secondary N) is 1. The molecular weight excluding hydrogens is 284 g/mol. The van der Waals surface area contributed by atoms with Crippen LogP contribution >= 0.6 is 11.6 Å². The van der Waals surface area contributed by atoms with Crippen molar-refractivity contribution >= 4 is 22.5 Å². The fraction of sp³-hybridized carbons (Fsp3) is 0.250. The molecule has 4 nitrogen and oxygen atoms in total. The first-order valence-electron chi connectivity index (χ1n) is 7.00. The molecule has 0 aliphatic carbocycles. The van der Waals surface area contributed by atoms with E-state index in [1.54, 1.807) is 0 Å². The van der Waals surface area contributed by atoms with Crippen LogP contribution in [0, 0.1) is 6.92 Å². The topological polar surface area (TPSA) is 42.7 Å². The highest BCUT2D eigenvalue weighted by atomic mass is 35.5. The largest absolute Gasteiger partial charge is 0.311 e. The molecule has 0 amide bonds. The molecule has 0 aliphatic rings. The zero-order chi connectivity index (χ0) is 14.8. The van der Waals surface area contributed by atoms with E-state index in [-0.39, 0.29) is 0 Å². The Labute approximate surface area is 128 Å². The molecule has 5 heteroatoms. The van der Waals surface area contributed by atoms with Gasteiger partial charge in [0.15, 0.2) is 0 Å². The number of aryl methyl sites for hydroxylation is 1. The lowest BCUT2D eigenvalue weighted by Crippen LogP contribution is -2.13. The molecule has 1 N–H and O–H groups in total. The lowest BCUT2D eigenvalue weighted by atomic mass is 10.1. The third kappa shape index (κ3) is 2.77. The molecule has 0 aliphatic heterocycles. The highest BCUT2D eigenvalue weighted by Gasteiger charge is 2.10. The van der Waals surface area contributed by atoms with Gasteiger partial charge in [-0.25, -0.2) is 4.68 Å². The molecule has 3 aromatic rings. The summed E-state index contributed by atoms with van der Waals surface area (Å²) in [4.78, 5) is 4.69. The Morgan fingerprint density at radius 3 is 2.81 bits per heavy atom. The highest BCUT2D eigenvalue weighted by Crippen LogP contribution is 2.24. The van der Waals surface area contributed by atoms with Crippen LogP contribution in [0.5, 0.6) is 0 Å². The van der Waals surface area contributed by atoms with Crippen LogP contribution in [0.2, 0.25) is 5.02 Å². The standard InChI is InChI=1S/C16H17ClN4/c1-3-18-9-12-8-16(21-10-14(17)11(2)20-21)13-6-4-5-7-15(13)19-12/h4-8,10,18H,3,9H2,1-2H3. The van der Waals surface area contributed by atoms with Crippen LogP contribution in [0.1, 0.15) is 18.3 Å². The van der Waals surface area contributed by atoms with Crippen LogP contribution in [0.3, 0.4) is 0 Å². The summed E-state index contributed by atoms with van der Waals surface area (Å²) in [7, 11) is 0. The molecule has 0 saturated carbocycles. The van der Waals surface area contributed by atoms with E-state index in [0.717, 1.165) is 41.1 Å². The van der Waals surface area contributed by atoms with Crippen molar-refractivity contribution in [2.24, 2.45) is 0 Å². The summed E-state index contributed by atoms with van der Waals surface area (Å²) in [6.07, 6.45) is 1.84. The Morgan fingerprint density at radius 1 is 1.29 bits per heavy atom. The number of fused-ring (bicyclic) bond motifs is 1. The molecule has 0 atom stereocenters. The van der Waals surface area contributed by atoms with Crippen LogP contribution < -0.4 is 5.32 Å². The molecule has 21 heavy (non-hydrogen) atoms. The highest BCUT2D eigenvalue weighted by molar-refractivity contribution is 6.31. The van der Waals surface area contributed by atoms with Crippen molar-refractivity contribution in [3.63, 3.8) is 0 Å². The molecule has 0 fully saturated rings. The van der Waals surface area contributed by atoms with Gasteiger partial charge in [0.1, 0.15) is 0 Å². The van der Waals surface area contributed by atoms with Crippen LogP contribution in [0.25, 0.3) is 16.6 Å². The van der Waals surface area contributed by atoms with Crippen molar-refractivity contribution < 1.29 is 0 Å². The van der Waals surface area contributed by atoms with Crippen LogP contribution in [0.15, 0.2) is 36.5 Å². The van der Waals surface area contributed by atoms with Gasteiger partial charge in [0.25, 0.3) is 0 Å². The van der Waals surface area contributed by atoms with Crippen LogP contribution in [-0.4, -0.2) is 21.3 Å². The van der Waals surface area contributed by atoms with Gasteiger partial charge < -0.3 is 5.32 Å². The molecule has 0 saturated heterocycles. The van der Waals surface area contributed by atoms with E-state index in [1.807, 2.05) is 36.0 Å². The predicted octanol–water partition coefficient (Wildman–Crippen LogP) is 3.49. The maximum atomic E-state index is 6.14. The predicted molar refractivity (Wildman–Crippen MR) is 86.0 cm³/mol. The monoisotopic (exact) mass is 300 g/mol. The number of hydrogen-bond acceptors (Lipinski definition) is 3. The maximum Gasteiger partial charge on any atom is 0.0819 e. The van der Waals surface area contributed by atoms with E-state index in [1.165, 1.54) is 0 Å². The molecule has 0 unspecified atom stereocenters. The fourth-order valence-electron chi connectivity index (χ4n) is 2.31. The Balaban J connectivity index is 2.18. The lowest BCUT2D eigenvalue weighted by Gasteiger charge is -2.10. The number of benzene rings is 1. The summed E-state index contributed by atoms with van der Waals surface area (Å²) >= 11 is 6.14. The smallest absolute Gasteiger partial charge is 0.0819 e. The summed E-state index contributed by atoms with van der Waals surface area (Å²) < 4.78 is 1.83. The van der Waals surface area contributed by atoms with Crippen molar-refractivity contribution in [1.29, 1.82) is 0 Å². The summed E-state index contributed by atoms with van der Waals surface area (Å²) in [5.74, 6) is 0. The van der Waals surface area contributed by atoms with E-state index in [2.05, 4.69) is 29.5 Å². The number of para-hydroxylation sites is 1. The molecule has 2 aromatic heterocycles. The minimum atomic E-state index is 0.670. The quantitative estimate of drug-likeness (QED) is 0.802. The second-order valence-corrected chi connectivity index (χ2v) is 5.34. The van der Waals surface area contributed by atoms with Gasteiger partial charge in [0.2, 0.25) is 0 Å². The van der Waals surface area contributed by atoms with Gasteiger partial charge in [0.05, 0.1) is 27.6 Å². The summed E-state index contributed by atoms with van der Waals surface area (Å²) in [6.45, 7) is 5.64. The number of aromatic nitrogens is 3. The SMILES string of the molecule is CCNCc1cc(-n2cc(Cl)c(C)n2)c2ccccc2n1. The van der Waals surface area contributed by atoms with E-state index < -0.39 is 0 Å². The minimum absolute atomic E-state index is 0.670. The second kappa shape index (κ2) is 5.84. The molecule has 0 spiro atoms. The Bertz CT molecular complexity index is 760. The van der Waals surface area contributed by atoms with Crippen molar-refractivity contribution in [3.8, 4) is 5.69 Å². The summed E-state index contributed by atoms with van der Waals surface area (Å²) in [5, 5.41) is 9.53. The van der Waals surface area contributed by atoms with Gasteiger partial charge in [-0.15, -0.1) is 0 Å². The van der Waals surface area contributed by atoms with Gasteiger partial charge in [-0.1, -0.05) is 36.7 Å². The lowest BCUT2D eigenvalue weighted by molar-refractivity contribution is 0.711. The van der Waals surface area contributed by atoms with Crippen LogP contribution in [-0.2, 0) is 6.54 Å². The minimum Gasteiger partial charge on any atom is -0.311 e. The first kappa shape index (κ1) is 14.0. The Hall–Kier alpha value is -1.91.